The molecule has 10 heteroatoms. The first-order valence-corrected chi connectivity index (χ1v) is 8.90. The van der Waals surface area contributed by atoms with Gasteiger partial charge in [0.05, 0.1) is 0 Å². The Morgan fingerprint density at radius 1 is 0.704 bits per heavy atom. The van der Waals surface area contributed by atoms with Crippen LogP contribution < -0.4 is 0 Å². The molecule has 0 aliphatic carbocycles. The van der Waals surface area contributed by atoms with Gasteiger partial charge >= 0.3 is 23.9 Å². The second kappa shape index (κ2) is 10.5. The van der Waals surface area contributed by atoms with Crippen LogP contribution in [0.4, 0.5) is 39.5 Å². The van der Waals surface area contributed by atoms with Crippen molar-refractivity contribution in [2.75, 3.05) is 0 Å². The summed E-state index contributed by atoms with van der Waals surface area (Å²) < 4.78 is 115. The van der Waals surface area contributed by atoms with Crippen LogP contribution in [0.15, 0.2) is 0 Å². The van der Waals surface area contributed by atoms with Gasteiger partial charge in [0.1, 0.15) is 6.29 Å². The summed E-state index contributed by atoms with van der Waals surface area (Å²) in [5.74, 6) is -20.2. The molecule has 0 radical (unpaired) electrons. The monoisotopic (exact) mass is 416 g/mol. The summed E-state index contributed by atoms with van der Waals surface area (Å²) in [6.07, 6.45) is -3.22. The first-order valence-electron chi connectivity index (χ1n) is 8.90. The van der Waals surface area contributed by atoms with Crippen LogP contribution in [-0.4, -0.2) is 30.2 Å². The predicted octanol–water partition coefficient (Wildman–Crippen LogP) is 7.19. The number of rotatable bonds is 14. The van der Waals surface area contributed by atoms with Crippen LogP contribution in [0.25, 0.3) is 0 Å². The lowest BCUT2D eigenvalue weighted by molar-refractivity contribution is -0.396. The molecular formula is C17H25F9O. The molecule has 0 fully saturated rings. The number of hydrogen-bond acceptors (Lipinski definition) is 1. The van der Waals surface area contributed by atoms with Crippen LogP contribution in [0.1, 0.15) is 71.1 Å². The van der Waals surface area contributed by atoms with Gasteiger partial charge in [-0.05, 0) is 12.8 Å². The minimum atomic E-state index is -6.88. The Kier molecular flexibility index (Phi) is 10.2. The van der Waals surface area contributed by atoms with Crippen LogP contribution in [0.2, 0.25) is 0 Å². The molecule has 0 saturated carbocycles. The third-order valence-corrected chi connectivity index (χ3v) is 4.41. The average molecular weight is 416 g/mol. The minimum Gasteiger partial charge on any atom is -0.303 e. The largest absolute Gasteiger partial charge is 0.460 e. The lowest BCUT2D eigenvalue weighted by atomic mass is 9.92. The number of unbranched alkanes of at least 4 members (excludes halogenated alkanes) is 6. The fourth-order valence-corrected chi connectivity index (χ4v) is 2.58. The maximum atomic E-state index is 13.4. The lowest BCUT2D eigenvalue weighted by Crippen LogP contribution is -2.60. The quantitative estimate of drug-likeness (QED) is 0.166. The zero-order chi connectivity index (χ0) is 21.4. The Morgan fingerprint density at radius 3 is 1.63 bits per heavy atom. The predicted molar refractivity (Wildman–Crippen MR) is 82.3 cm³/mol. The molecule has 0 aromatic rings. The maximum absolute atomic E-state index is 13.4. The molecule has 0 aliphatic rings. The van der Waals surface area contributed by atoms with E-state index in [0.717, 1.165) is 32.1 Å². The van der Waals surface area contributed by atoms with Gasteiger partial charge in [-0.2, -0.15) is 39.5 Å². The molecule has 0 heterocycles. The van der Waals surface area contributed by atoms with Gasteiger partial charge in [-0.1, -0.05) is 51.9 Å². The number of carbonyl (C=O) groups is 1. The van der Waals surface area contributed by atoms with E-state index in [1.807, 2.05) is 6.92 Å². The van der Waals surface area contributed by atoms with Crippen molar-refractivity contribution in [1.82, 2.24) is 0 Å². The van der Waals surface area contributed by atoms with Gasteiger partial charge in [0, 0.05) is 12.3 Å². The molecule has 27 heavy (non-hydrogen) atoms. The SMILES string of the molecule is CCCCCCCCCC(C=O)CCC(F)(F)C(F)(F)C(F)(F)C(F)(F)F. The molecule has 162 valence electrons. The third-order valence-electron chi connectivity index (χ3n) is 4.41. The summed E-state index contributed by atoms with van der Waals surface area (Å²) in [4.78, 5) is 10.9. The highest BCUT2D eigenvalue weighted by Crippen LogP contribution is 2.54. The third kappa shape index (κ3) is 7.18. The van der Waals surface area contributed by atoms with Gasteiger partial charge in [-0.25, -0.2) is 0 Å². The van der Waals surface area contributed by atoms with Crippen LogP contribution in [-0.2, 0) is 4.79 Å². The van der Waals surface area contributed by atoms with E-state index in [1.165, 1.54) is 0 Å². The molecule has 0 N–H and O–H groups in total. The Hall–Kier alpha value is -0.960. The van der Waals surface area contributed by atoms with Crippen LogP contribution >= 0.6 is 0 Å². The highest BCUT2D eigenvalue weighted by molar-refractivity contribution is 5.53. The topological polar surface area (TPSA) is 17.1 Å². The van der Waals surface area contributed by atoms with Crippen molar-refractivity contribution in [2.24, 2.45) is 5.92 Å². The van der Waals surface area contributed by atoms with Crippen molar-refractivity contribution in [2.45, 2.75) is 95.1 Å². The van der Waals surface area contributed by atoms with Gasteiger partial charge in [0.2, 0.25) is 0 Å². The number of alkyl halides is 9. The van der Waals surface area contributed by atoms with Crippen molar-refractivity contribution in [3.63, 3.8) is 0 Å². The first kappa shape index (κ1) is 26.0. The fraction of sp³-hybridized carbons (Fsp3) is 0.941. The molecule has 0 rings (SSSR count). The molecular weight excluding hydrogens is 391 g/mol. The summed E-state index contributed by atoms with van der Waals surface area (Å²) in [5.41, 5.74) is 0. The van der Waals surface area contributed by atoms with Crippen molar-refractivity contribution in [1.29, 1.82) is 0 Å². The molecule has 0 spiro atoms. The Morgan fingerprint density at radius 2 is 1.19 bits per heavy atom. The lowest BCUT2D eigenvalue weighted by Gasteiger charge is -2.34. The van der Waals surface area contributed by atoms with E-state index in [2.05, 4.69) is 0 Å². The van der Waals surface area contributed by atoms with Gasteiger partial charge in [-0.3, -0.25) is 0 Å². The normalized spacial score (nSPS) is 15.0. The molecule has 0 aromatic carbocycles. The van der Waals surface area contributed by atoms with E-state index in [1.54, 1.807) is 0 Å². The Balaban J connectivity index is 4.60. The standard InChI is InChI=1S/C17H25F9O/c1-2-3-4-5-6-7-8-9-13(12-27)10-11-14(18,19)15(20,21)16(22,23)17(24,25)26/h12-13H,2-11H2,1H3. The summed E-state index contributed by atoms with van der Waals surface area (Å²) >= 11 is 0. The summed E-state index contributed by atoms with van der Waals surface area (Å²) in [6.45, 7) is 2.04. The van der Waals surface area contributed by atoms with Crippen LogP contribution in [0, 0.1) is 5.92 Å². The Bertz CT molecular complexity index is 433. The minimum absolute atomic E-state index is 0.0919. The van der Waals surface area contributed by atoms with E-state index in [9.17, 15) is 44.3 Å². The number of hydrogen-bond donors (Lipinski definition) is 0. The van der Waals surface area contributed by atoms with Crippen molar-refractivity contribution in [3.05, 3.63) is 0 Å². The van der Waals surface area contributed by atoms with Gasteiger partial charge in [0.15, 0.2) is 0 Å². The van der Waals surface area contributed by atoms with Gasteiger partial charge < -0.3 is 4.79 Å². The van der Waals surface area contributed by atoms with Gasteiger partial charge in [0.25, 0.3) is 0 Å². The number of halogens is 9. The fourth-order valence-electron chi connectivity index (χ4n) is 2.58. The average Bonchev–Trinajstić information content (AvgIpc) is 2.55. The highest BCUT2D eigenvalue weighted by Gasteiger charge is 2.81. The molecule has 0 saturated heterocycles. The molecule has 1 atom stereocenters. The zero-order valence-corrected chi connectivity index (χ0v) is 15.0. The molecule has 1 nitrogen and oxygen atoms in total. The zero-order valence-electron chi connectivity index (χ0n) is 15.0. The molecule has 1 unspecified atom stereocenters. The van der Waals surface area contributed by atoms with E-state index >= 15 is 0 Å². The number of aldehydes is 1. The Labute approximate surface area is 152 Å². The first-order chi connectivity index (χ1) is 12.2. The van der Waals surface area contributed by atoms with Crippen LogP contribution in [0.5, 0.6) is 0 Å². The second-order valence-corrected chi connectivity index (χ2v) is 6.70. The van der Waals surface area contributed by atoms with Gasteiger partial charge in [-0.15, -0.1) is 0 Å². The smallest absolute Gasteiger partial charge is 0.303 e. The molecule has 0 bridgehead atoms. The van der Waals surface area contributed by atoms with E-state index in [-0.39, 0.29) is 12.7 Å². The van der Waals surface area contributed by atoms with Crippen molar-refractivity contribution >= 4 is 6.29 Å². The van der Waals surface area contributed by atoms with E-state index in [0.29, 0.717) is 12.8 Å². The number of carbonyl (C=O) groups excluding carboxylic acids is 1. The maximum Gasteiger partial charge on any atom is 0.460 e. The summed E-state index contributed by atoms with van der Waals surface area (Å²) in [6, 6.07) is 0. The van der Waals surface area contributed by atoms with Crippen molar-refractivity contribution in [3.8, 4) is 0 Å². The summed E-state index contributed by atoms with van der Waals surface area (Å²) in [5, 5.41) is 0. The van der Waals surface area contributed by atoms with E-state index < -0.39 is 42.7 Å². The molecule has 0 amide bonds. The van der Waals surface area contributed by atoms with Crippen LogP contribution in [0.3, 0.4) is 0 Å². The van der Waals surface area contributed by atoms with E-state index in [4.69, 9.17) is 0 Å². The second-order valence-electron chi connectivity index (χ2n) is 6.70. The molecule has 0 aromatic heterocycles. The highest BCUT2D eigenvalue weighted by atomic mass is 19.4. The summed E-state index contributed by atoms with van der Waals surface area (Å²) in [7, 11) is 0. The molecule has 0 aliphatic heterocycles. The van der Waals surface area contributed by atoms with Crippen molar-refractivity contribution < 1.29 is 44.3 Å².